The van der Waals surface area contributed by atoms with Crippen molar-refractivity contribution in [3.8, 4) is 5.75 Å². The summed E-state index contributed by atoms with van der Waals surface area (Å²) in [6.45, 7) is 7.05. The first-order chi connectivity index (χ1) is 11.8. The largest absolute Gasteiger partial charge is 0.490 e. The first kappa shape index (κ1) is 17.8. The predicted molar refractivity (Wildman–Crippen MR) is 97.6 cm³/mol. The van der Waals surface area contributed by atoms with Gasteiger partial charge in [-0.25, -0.2) is 8.42 Å². The first-order valence-corrected chi connectivity index (χ1v) is 9.71. The molecule has 1 aliphatic heterocycles. The van der Waals surface area contributed by atoms with Gasteiger partial charge >= 0.3 is 0 Å². The molecule has 1 atom stereocenters. The summed E-state index contributed by atoms with van der Waals surface area (Å²) in [5.74, 6) is 0.582. The molecule has 1 saturated heterocycles. The van der Waals surface area contributed by atoms with Gasteiger partial charge in [0, 0.05) is 11.3 Å². The van der Waals surface area contributed by atoms with E-state index >= 15 is 0 Å². The van der Waals surface area contributed by atoms with E-state index in [1.807, 2.05) is 32.9 Å². The highest BCUT2D eigenvalue weighted by molar-refractivity contribution is 7.92. The molecule has 0 aliphatic carbocycles. The summed E-state index contributed by atoms with van der Waals surface area (Å²) in [7, 11) is -3.73. The highest BCUT2D eigenvalue weighted by Gasteiger charge is 2.31. The molecule has 0 saturated carbocycles. The van der Waals surface area contributed by atoms with Crippen molar-refractivity contribution in [2.45, 2.75) is 37.2 Å². The lowest BCUT2D eigenvalue weighted by Gasteiger charge is -2.26. The minimum Gasteiger partial charge on any atom is -0.490 e. The van der Waals surface area contributed by atoms with Gasteiger partial charge in [0.15, 0.2) is 0 Å². The summed E-state index contributed by atoms with van der Waals surface area (Å²) in [4.78, 5) is 0.234. The van der Waals surface area contributed by atoms with Crippen molar-refractivity contribution in [2.24, 2.45) is 0 Å². The molecule has 1 aliphatic rings. The number of ether oxygens (including phenoxy) is 2. The second kappa shape index (κ2) is 6.69. The molecule has 25 heavy (non-hydrogen) atoms. The Morgan fingerprint density at radius 3 is 2.40 bits per heavy atom. The van der Waals surface area contributed by atoms with Gasteiger partial charge in [-0.15, -0.1) is 0 Å². The monoisotopic (exact) mass is 361 g/mol. The molecule has 1 heterocycles. The molecule has 0 radical (unpaired) electrons. The van der Waals surface area contributed by atoms with Gasteiger partial charge in [0.05, 0.1) is 11.5 Å². The number of nitrogens with one attached hydrogen (secondary N) is 1. The van der Waals surface area contributed by atoms with E-state index in [1.54, 1.807) is 36.4 Å². The Bertz CT molecular complexity index is 837. The molecule has 0 spiro atoms. The summed E-state index contributed by atoms with van der Waals surface area (Å²) in [6, 6.07) is 14.0. The molecule has 1 unspecified atom stereocenters. The van der Waals surface area contributed by atoms with Gasteiger partial charge in [0.2, 0.25) is 0 Å². The van der Waals surface area contributed by atoms with Crippen molar-refractivity contribution in [3.63, 3.8) is 0 Å². The van der Waals surface area contributed by atoms with Gasteiger partial charge in [-0.2, -0.15) is 0 Å². The summed E-state index contributed by atoms with van der Waals surface area (Å²) in [5, 5.41) is 0. The molecule has 0 amide bonds. The number of benzene rings is 2. The number of rotatable bonds is 6. The second-order valence-corrected chi connectivity index (χ2v) is 8.77. The Hall–Kier alpha value is -2.05. The van der Waals surface area contributed by atoms with Gasteiger partial charge in [0.25, 0.3) is 10.0 Å². The van der Waals surface area contributed by atoms with E-state index in [-0.39, 0.29) is 11.0 Å². The fraction of sp³-hybridized carbons (Fsp3) is 0.368. The zero-order valence-corrected chi connectivity index (χ0v) is 15.5. The molecular weight excluding hydrogens is 338 g/mol. The third-order valence-electron chi connectivity index (χ3n) is 3.88. The number of hydrogen-bond acceptors (Lipinski definition) is 4. The zero-order chi connectivity index (χ0) is 18.1. The molecule has 0 aromatic heterocycles. The lowest BCUT2D eigenvalue weighted by molar-refractivity contribution is 0.257. The molecule has 134 valence electrons. The van der Waals surface area contributed by atoms with Crippen LogP contribution in [0.2, 0.25) is 0 Å². The third kappa shape index (κ3) is 4.32. The van der Waals surface area contributed by atoms with Crippen molar-refractivity contribution in [3.05, 3.63) is 54.1 Å². The van der Waals surface area contributed by atoms with Crippen molar-refractivity contribution < 1.29 is 17.9 Å². The van der Waals surface area contributed by atoms with Crippen LogP contribution in [0.25, 0.3) is 0 Å². The Balaban J connectivity index is 2.00. The average Bonchev–Trinajstić information content (AvgIpc) is 3.36. The summed E-state index contributed by atoms with van der Waals surface area (Å²) >= 11 is 0. The summed E-state index contributed by atoms with van der Waals surface area (Å²) < 4.78 is 39.6. The van der Waals surface area contributed by atoms with Crippen LogP contribution in [0.3, 0.4) is 0 Å². The summed E-state index contributed by atoms with van der Waals surface area (Å²) in [5.41, 5.74) is 0.793. The van der Waals surface area contributed by atoms with Gasteiger partial charge in [-0.3, -0.25) is 4.72 Å². The predicted octanol–water partition coefficient (Wildman–Crippen LogP) is 3.56. The minimum atomic E-state index is -3.73. The van der Waals surface area contributed by atoms with Crippen LogP contribution in [0, 0.1) is 0 Å². The average molecular weight is 361 g/mol. The van der Waals surface area contributed by atoms with Crippen LogP contribution in [0.1, 0.15) is 26.3 Å². The normalized spacial score (nSPS) is 17.2. The highest BCUT2D eigenvalue weighted by atomic mass is 32.2. The second-order valence-electron chi connectivity index (χ2n) is 7.12. The lowest BCUT2D eigenvalue weighted by atomic mass is 9.86. The molecule has 3 rings (SSSR count). The van der Waals surface area contributed by atoms with Crippen LogP contribution in [0.15, 0.2) is 53.4 Å². The highest BCUT2D eigenvalue weighted by Crippen LogP contribution is 2.37. The molecule has 6 heteroatoms. The van der Waals surface area contributed by atoms with Crippen molar-refractivity contribution in [1.29, 1.82) is 0 Å². The van der Waals surface area contributed by atoms with E-state index in [4.69, 9.17) is 9.47 Å². The van der Waals surface area contributed by atoms with Crippen molar-refractivity contribution in [2.75, 3.05) is 17.9 Å². The molecular formula is C19H23NO4S. The third-order valence-corrected chi connectivity index (χ3v) is 5.30. The first-order valence-electron chi connectivity index (χ1n) is 8.23. The number of para-hydroxylation sites is 1. The van der Waals surface area contributed by atoms with Gasteiger partial charge in [-0.1, -0.05) is 45.0 Å². The maximum Gasteiger partial charge on any atom is 0.262 e. The van der Waals surface area contributed by atoms with Crippen LogP contribution >= 0.6 is 0 Å². The van der Waals surface area contributed by atoms with Crippen LogP contribution in [-0.2, 0) is 20.2 Å². The fourth-order valence-corrected chi connectivity index (χ4v) is 4.15. The zero-order valence-electron chi connectivity index (χ0n) is 14.7. The SMILES string of the molecule is CC(C)(C)c1c(OCC2CO2)cccc1S(=O)(=O)Nc1ccccc1. The van der Waals surface area contributed by atoms with E-state index in [0.29, 0.717) is 30.2 Å². The van der Waals surface area contributed by atoms with Crippen LogP contribution in [0.4, 0.5) is 5.69 Å². The Morgan fingerprint density at radius 2 is 1.80 bits per heavy atom. The minimum absolute atomic E-state index is 0.107. The molecule has 5 nitrogen and oxygen atoms in total. The van der Waals surface area contributed by atoms with Gasteiger partial charge in [-0.05, 0) is 29.7 Å². The smallest absolute Gasteiger partial charge is 0.262 e. The van der Waals surface area contributed by atoms with Crippen LogP contribution < -0.4 is 9.46 Å². The Kier molecular flexibility index (Phi) is 4.75. The van der Waals surface area contributed by atoms with Gasteiger partial charge in [0.1, 0.15) is 18.5 Å². The summed E-state index contributed by atoms with van der Waals surface area (Å²) in [6.07, 6.45) is 0.107. The van der Waals surface area contributed by atoms with E-state index < -0.39 is 15.4 Å². The van der Waals surface area contributed by atoms with Crippen LogP contribution in [-0.4, -0.2) is 27.7 Å². The van der Waals surface area contributed by atoms with Gasteiger partial charge < -0.3 is 9.47 Å². The molecule has 2 aromatic rings. The fourth-order valence-electron chi connectivity index (χ4n) is 2.66. The quantitative estimate of drug-likeness (QED) is 0.799. The van der Waals surface area contributed by atoms with E-state index in [1.165, 1.54) is 0 Å². The van der Waals surface area contributed by atoms with Crippen molar-refractivity contribution >= 4 is 15.7 Å². The Labute approximate surface area is 149 Å². The van der Waals surface area contributed by atoms with E-state index in [2.05, 4.69) is 4.72 Å². The lowest BCUT2D eigenvalue weighted by Crippen LogP contribution is -2.22. The van der Waals surface area contributed by atoms with E-state index in [0.717, 1.165) is 0 Å². The number of anilines is 1. The number of hydrogen-bond donors (Lipinski definition) is 1. The number of epoxide rings is 1. The maximum atomic E-state index is 13.0. The standard InChI is InChI=1S/C19H23NO4S/c1-19(2,3)18-16(24-13-15-12-23-15)10-7-11-17(18)25(21,22)20-14-8-5-4-6-9-14/h4-11,15,20H,12-13H2,1-3H3. The maximum absolute atomic E-state index is 13.0. The van der Waals surface area contributed by atoms with Crippen LogP contribution in [0.5, 0.6) is 5.75 Å². The topological polar surface area (TPSA) is 67.9 Å². The Morgan fingerprint density at radius 1 is 1.12 bits per heavy atom. The molecule has 2 aromatic carbocycles. The molecule has 1 fully saturated rings. The number of sulfonamides is 1. The van der Waals surface area contributed by atoms with Crippen molar-refractivity contribution in [1.82, 2.24) is 0 Å². The molecule has 0 bridgehead atoms. The van der Waals surface area contributed by atoms with E-state index in [9.17, 15) is 8.42 Å². The molecule has 1 N–H and O–H groups in total.